The van der Waals surface area contributed by atoms with Gasteiger partial charge in [0.25, 0.3) is 0 Å². The lowest BCUT2D eigenvalue weighted by atomic mass is 10.1. The third-order valence-electron chi connectivity index (χ3n) is 2.69. The molecular formula is C16H27NO. The molecule has 0 radical (unpaired) electrons. The molecule has 0 amide bonds. The molecule has 1 rings (SSSR count). The number of hydrogen-bond donors (Lipinski definition) is 1. The molecule has 0 saturated heterocycles. The second-order valence-corrected chi connectivity index (χ2v) is 5.88. The summed E-state index contributed by atoms with van der Waals surface area (Å²) >= 11 is 0. The van der Waals surface area contributed by atoms with E-state index in [1.54, 1.807) is 0 Å². The van der Waals surface area contributed by atoms with Gasteiger partial charge in [0.05, 0.1) is 12.3 Å². The van der Waals surface area contributed by atoms with Crippen LogP contribution < -0.4 is 10.1 Å². The van der Waals surface area contributed by atoms with Crippen LogP contribution in [-0.2, 0) is 0 Å². The van der Waals surface area contributed by atoms with Crippen LogP contribution in [-0.4, -0.2) is 12.6 Å². The third kappa shape index (κ3) is 5.44. The number of anilines is 1. The highest BCUT2D eigenvalue weighted by atomic mass is 16.5. The molecule has 1 N–H and O–H groups in total. The standard InChI is InChI=1S/C16H27NO/c1-12(2)10-14(5)17-15-8-6-7-9-16(15)18-11-13(3)4/h6-9,12-14,17H,10-11H2,1-5H3. The summed E-state index contributed by atoms with van der Waals surface area (Å²) in [5, 5.41) is 3.54. The van der Waals surface area contributed by atoms with Gasteiger partial charge in [-0.3, -0.25) is 0 Å². The molecular weight excluding hydrogens is 222 g/mol. The first-order chi connectivity index (χ1) is 8.49. The van der Waals surface area contributed by atoms with Crippen molar-refractivity contribution >= 4 is 5.69 Å². The van der Waals surface area contributed by atoms with Gasteiger partial charge in [0.2, 0.25) is 0 Å². The van der Waals surface area contributed by atoms with Crippen molar-refractivity contribution in [2.24, 2.45) is 11.8 Å². The van der Waals surface area contributed by atoms with Gasteiger partial charge < -0.3 is 10.1 Å². The van der Waals surface area contributed by atoms with Crippen molar-refractivity contribution in [2.75, 3.05) is 11.9 Å². The van der Waals surface area contributed by atoms with Crippen molar-refractivity contribution in [3.8, 4) is 5.75 Å². The van der Waals surface area contributed by atoms with E-state index in [-0.39, 0.29) is 0 Å². The van der Waals surface area contributed by atoms with Crippen LogP contribution in [0.2, 0.25) is 0 Å². The quantitative estimate of drug-likeness (QED) is 0.764. The number of para-hydroxylation sites is 2. The van der Waals surface area contributed by atoms with E-state index in [0.29, 0.717) is 17.9 Å². The zero-order chi connectivity index (χ0) is 13.5. The maximum absolute atomic E-state index is 5.84. The molecule has 0 aliphatic heterocycles. The van der Waals surface area contributed by atoms with Crippen molar-refractivity contribution in [2.45, 2.75) is 47.1 Å². The van der Waals surface area contributed by atoms with Gasteiger partial charge in [-0.1, -0.05) is 39.8 Å². The van der Waals surface area contributed by atoms with E-state index >= 15 is 0 Å². The molecule has 1 aromatic carbocycles. The summed E-state index contributed by atoms with van der Waals surface area (Å²) < 4.78 is 5.84. The molecule has 2 heteroatoms. The van der Waals surface area contributed by atoms with Gasteiger partial charge in [-0.05, 0) is 37.3 Å². The van der Waals surface area contributed by atoms with E-state index in [2.05, 4.69) is 46.0 Å². The molecule has 102 valence electrons. The number of benzene rings is 1. The summed E-state index contributed by atoms with van der Waals surface area (Å²) in [5.41, 5.74) is 1.10. The average molecular weight is 249 g/mol. The van der Waals surface area contributed by atoms with Gasteiger partial charge in [0.1, 0.15) is 5.75 Å². The molecule has 0 aliphatic rings. The van der Waals surface area contributed by atoms with Gasteiger partial charge in [-0.2, -0.15) is 0 Å². The third-order valence-corrected chi connectivity index (χ3v) is 2.69. The van der Waals surface area contributed by atoms with Gasteiger partial charge in [0.15, 0.2) is 0 Å². The Kier molecular flexibility index (Phi) is 6.03. The van der Waals surface area contributed by atoms with Crippen LogP contribution in [0, 0.1) is 11.8 Å². The molecule has 0 fully saturated rings. The minimum atomic E-state index is 0.466. The maximum atomic E-state index is 5.84. The predicted octanol–water partition coefficient (Wildman–Crippen LogP) is 4.57. The largest absolute Gasteiger partial charge is 0.491 e. The summed E-state index contributed by atoms with van der Waals surface area (Å²) in [6.07, 6.45) is 1.17. The molecule has 0 spiro atoms. The lowest BCUT2D eigenvalue weighted by Gasteiger charge is -2.20. The molecule has 18 heavy (non-hydrogen) atoms. The molecule has 0 aliphatic carbocycles. The first kappa shape index (κ1) is 14.9. The van der Waals surface area contributed by atoms with Gasteiger partial charge in [-0.25, -0.2) is 0 Å². The summed E-state index contributed by atoms with van der Waals surface area (Å²) in [5.74, 6) is 2.21. The zero-order valence-electron chi connectivity index (χ0n) is 12.4. The fourth-order valence-electron chi connectivity index (χ4n) is 2.00. The van der Waals surface area contributed by atoms with Crippen LogP contribution in [0.4, 0.5) is 5.69 Å². The Balaban J connectivity index is 2.63. The Morgan fingerprint density at radius 1 is 1.00 bits per heavy atom. The second-order valence-electron chi connectivity index (χ2n) is 5.88. The summed E-state index contributed by atoms with van der Waals surface area (Å²) in [7, 11) is 0. The van der Waals surface area contributed by atoms with Gasteiger partial charge in [-0.15, -0.1) is 0 Å². The van der Waals surface area contributed by atoms with E-state index in [4.69, 9.17) is 4.74 Å². The van der Waals surface area contributed by atoms with Crippen molar-refractivity contribution in [1.82, 2.24) is 0 Å². The van der Waals surface area contributed by atoms with E-state index in [1.807, 2.05) is 18.2 Å². The SMILES string of the molecule is CC(C)COc1ccccc1NC(C)CC(C)C. The minimum absolute atomic E-state index is 0.466. The maximum Gasteiger partial charge on any atom is 0.142 e. The Morgan fingerprint density at radius 3 is 2.28 bits per heavy atom. The van der Waals surface area contributed by atoms with Crippen LogP contribution in [0.5, 0.6) is 5.75 Å². The Morgan fingerprint density at radius 2 is 1.67 bits per heavy atom. The van der Waals surface area contributed by atoms with E-state index < -0.39 is 0 Å². The van der Waals surface area contributed by atoms with E-state index in [9.17, 15) is 0 Å². The molecule has 0 saturated carbocycles. The van der Waals surface area contributed by atoms with Gasteiger partial charge in [0, 0.05) is 6.04 Å². The number of nitrogens with one attached hydrogen (secondary N) is 1. The lowest BCUT2D eigenvalue weighted by molar-refractivity contribution is 0.272. The predicted molar refractivity (Wildman–Crippen MR) is 79.3 cm³/mol. The fraction of sp³-hybridized carbons (Fsp3) is 0.625. The van der Waals surface area contributed by atoms with Crippen LogP contribution in [0.1, 0.15) is 41.0 Å². The molecule has 0 heterocycles. The molecule has 2 nitrogen and oxygen atoms in total. The second kappa shape index (κ2) is 7.30. The molecule has 1 atom stereocenters. The molecule has 1 aromatic rings. The van der Waals surface area contributed by atoms with Crippen LogP contribution >= 0.6 is 0 Å². The van der Waals surface area contributed by atoms with Crippen molar-refractivity contribution in [3.05, 3.63) is 24.3 Å². The van der Waals surface area contributed by atoms with Crippen molar-refractivity contribution in [3.63, 3.8) is 0 Å². The normalized spacial score (nSPS) is 12.8. The summed E-state index contributed by atoms with van der Waals surface area (Å²) in [6.45, 7) is 11.8. The molecule has 1 unspecified atom stereocenters. The minimum Gasteiger partial charge on any atom is -0.491 e. The average Bonchev–Trinajstić information content (AvgIpc) is 2.26. The number of rotatable bonds is 7. The van der Waals surface area contributed by atoms with E-state index in [0.717, 1.165) is 18.0 Å². The topological polar surface area (TPSA) is 21.3 Å². The fourth-order valence-corrected chi connectivity index (χ4v) is 2.00. The van der Waals surface area contributed by atoms with Crippen molar-refractivity contribution in [1.29, 1.82) is 0 Å². The lowest BCUT2D eigenvalue weighted by Crippen LogP contribution is -2.18. The smallest absolute Gasteiger partial charge is 0.142 e. The highest BCUT2D eigenvalue weighted by Crippen LogP contribution is 2.25. The first-order valence-electron chi connectivity index (χ1n) is 6.97. The number of ether oxygens (including phenoxy) is 1. The molecule has 0 bridgehead atoms. The number of hydrogen-bond acceptors (Lipinski definition) is 2. The summed E-state index contributed by atoms with van der Waals surface area (Å²) in [6, 6.07) is 8.66. The van der Waals surface area contributed by atoms with Crippen LogP contribution in [0.3, 0.4) is 0 Å². The molecule has 0 aromatic heterocycles. The van der Waals surface area contributed by atoms with Crippen molar-refractivity contribution < 1.29 is 4.74 Å². The monoisotopic (exact) mass is 249 g/mol. The van der Waals surface area contributed by atoms with E-state index in [1.165, 1.54) is 6.42 Å². The Bertz CT molecular complexity index is 347. The van der Waals surface area contributed by atoms with Gasteiger partial charge >= 0.3 is 0 Å². The van der Waals surface area contributed by atoms with Crippen LogP contribution in [0.15, 0.2) is 24.3 Å². The Labute approximate surface area is 112 Å². The highest BCUT2D eigenvalue weighted by Gasteiger charge is 2.09. The zero-order valence-corrected chi connectivity index (χ0v) is 12.4. The first-order valence-corrected chi connectivity index (χ1v) is 6.97. The highest BCUT2D eigenvalue weighted by molar-refractivity contribution is 5.56. The summed E-state index contributed by atoms with van der Waals surface area (Å²) in [4.78, 5) is 0. The Hall–Kier alpha value is -1.18. The van der Waals surface area contributed by atoms with Crippen LogP contribution in [0.25, 0.3) is 0 Å².